The van der Waals surface area contributed by atoms with Crippen LogP contribution in [0.1, 0.15) is 43.9 Å². The van der Waals surface area contributed by atoms with E-state index in [4.69, 9.17) is 11.4 Å². The van der Waals surface area contributed by atoms with E-state index in [1.54, 1.807) is 0 Å². The highest BCUT2D eigenvalue weighted by Gasteiger charge is 2.09. The summed E-state index contributed by atoms with van der Waals surface area (Å²) in [4.78, 5) is 9.10. The predicted octanol–water partition coefficient (Wildman–Crippen LogP) is 5.47. The number of terminal acetylenes is 1. The lowest BCUT2D eigenvalue weighted by atomic mass is 9.99. The Labute approximate surface area is 140 Å². The van der Waals surface area contributed by atoms with Gasteiger partial charge in [0.25, 0.3) is 0 Å². The SMILES string of the molecule is C#CC(=C)c1cc(C)cc(C)c1N=C(C)/C(C)=C/C(CC)=NC. The first kappa shape index (κ1) is 18.6. The molecule has 1 aromatic carbocycles. The molecule has 0 radical (unpaired) electrons. The number of hydrogen-bond acceptors (Lipinski definition) is 2. The van der Waals surface area contributed by atoms with Gasteiger partial charge in [0.15, 0.2) is 0 Å². The highest BCUT2D eigenvalue weighted by molar-refractivity contribution is 6.07. The van der Waals surface area contributed by atoms with E-state index in [0.29, 0.717) is 5.57 Å². The molecule has 0 aliphatic rings. The smallest absolute Gasteiger partial charge is 0.0746 e. The fourth-order valence-electron chi connectivity index (χ4n) is 2.35. The molecule has 0 N–H and O–H groups in total. The third kappa shape index (κ3) is 4.79. The molecule has 23 heavy (non-hydrogen) atoms. The van der Waals surface area contributed by atoms with Crippen LogP contribution in [-0.4, -0.2) is 18.5 Å². The Balaban J connectivity index is 3.42. The molecule has 0 unspecified atom stereocenters. The van der Waals surface area contributed by atoms with Crippen molar-refractivity contribution in [3.05, 3.63) is 47.1 Å². The number of hydrogen-bond donors (Lipinski definition) is 0. The minimum atomic E-state index is 0.661. The Kier molecular flexibility index (Phi) is 6.72. The van der Waals surface area contributed by atoms with Gasteiger partial charge in [-0.05, 0) is 57.4 Å². The minimum absolute atomic E-state index is 0.661. The van der Waals surface area contributed by atoms with E-state index in [1.165, 1.54) is 0 Å². The second-order valence-electron chi connectivity index (χ2n) is 5.69. The van der Waals surface area contributed by atoms with E-state index < -0.39 is 0 Å². The van der Waals surface area contributed by atoms with Crippen molar-refractivity contribution in [2.75, 3.05) is 7.05 Å². The number of nitrogens with zero attached hydrogens (tertiary/aromatic N) is 2. The van der Waals surface area contributed by atoms with Gasteiger partial charge in [0.05, 0.1) is 5.69 Å². The molecule has 0 fully saturated rings. The molecule has 2 heteroatoms. The normalized spacial score (nSPS) is 13.0. The van der Waals surface area contributed by atoms with Gasteiger partial charge in [-0.2, -0.15) is 0 Å². The van der Waals surface area contributed by atoms with Crippen molar-refractivity contribution in [1.82, 2.24) is 0 Å². The number of aliphatic imine (C=N–C) groups is 2. The van der Waals surface area contributed by atoms with Crippen molar-refractivity contribution in [3.8, 4) is 12.3 Å². The summed E-state index contributed by atoms with van der Waals surface area (Å²) >= 11 is 0. The molecule has 120 valence electrons. The van der Waals surface area contributed by atoms with E-state index in [0.717, 1.165) is 45.8 Å². The summed E-state index contributed by atoms with van der Waals surface area (Å²) in [6.45, 7) is 14.2. The molecule has 1 rings (SSSR count). The van der Waals surface area contributed by atoms with Crippen LogP contribution in [0.3, 0.4) is 0 Å². The largest absolute Gasteiger partial charge is 0.293 e. The van der Waals surface area contributed by atoms with Crippen molar-refractivity contribution in [1.29, 1.82) is 0 Å². The van der Waals surface area contributed by atoms with Crippen LogP contribution in [-0.2, 0) is 0 Å². The fraction of sp³-hybridized carbons (Fsp3) is 0.333. The lowest BCUT2D eigenvalue weighted by Gasteiger charge is -2.11. The summed E-state index contributed by atoms with van der Waals surface area (Å²) in [5, 5.41) is 0. The van der Waals surface area contributed by atoms with Crippen LogP contribution in [0.5, 0.6) is 0 Å². The topological polar surface area (TPSA) is 24.7 Å². The van der Waals surface area contributed by atoms with Gasteiger partial charge in [0, 0.05) is 29.6 Å². The zero-order valence-electron chi connectivity index (χ0n) is 15.1. The van der Waals surface area contributed by atoms with Gasteiger partial charge in [-0.15, -0.1) is 6.42 Å². The van der Waals surface area contributed by atoms with Gasteiger partial charge in [-0.1, -0.05) is 31.1 Å². The Hall–Kier alpha value is -2.40. The van der Waals surface area contributed by atoms with Gasteiger partial charge >= 0.3 is 0 Å². The van der Waals surface area contributed by atoms with Gasteiger partial charge in [0.1, 0.15) is 0 Å². The molecular weight excluding hydrogens is 280 g/mol. The first-order chi connectivity index (χ1) is 10.8. The van der Waals surface area contributed by atoms with Crippen molar-refractivity contribution in [2.45, 2.75) is 41.0 Å². The van der Waals surface area contributed by atoms with Crippen molar-refractivity contribution >= 4 is 22.7 Å². The van der Waals surface area contributed by atoms with Crippen molar-refractivity contribution in [2.24, 2.45) is 9.98 Å². The summed E-state index contributed by atoms with van der Waals surface area (Å²) in [5.74, 6) is 2.63. The monoisotopic (exact) mass is 306 g/mol. The lowest BCUT2D eigenvalue weighted by Crippen LogP contribution is -1.99. The quantitative estimate of drug-likeness (QED) is 0.509. The molecule has 0 atom stereocenters. The molecule has 0 aliphatic carbocycles. The molecule has 0 saturated heterocycles. The zero-order chi connectivity index (χ0) is 17.6. The average Bonchev–Trinajstić information content (AvgIpc) is 2.53. The Morgan fingerprint density at radius 1 is 1.30 bits per heavy atom. The summed E-state index contributed by atoms with van der Waals surface area (Å²) in [7, 11) is 1.81. The Morgan fingerprint density at radius 3 is 2.48 bits per heavy atom. The molecule has 0 saturated carbocycles. The fourth-order valence-corrected chi connectivity index (χ4v) is 2.35. The summed E-state index contributed by atoms with van der Waals surface area (Å²) < 4.78 is 0. The highest BCUT2D eigenvalue weighted by atomic mass is 14.8. The zero-order valence-corrected chi connectivity index (χ0v) is 15.1. The van der Waals surface area contributed by atoms with Gasteiger partial charge in [-0.25, -0.2) is 0 Å². The third-order valence-corrected chi connectivity index (χ3v) is 3.83. The average molecular weight is 306 g/mol. The molecule has 0 bridgehead atoms. The van der Waals surface area contributed by atoms with Gasteiger partial charge in [0.2, 0.25) is 0 Å². The number of aryl methyl sites for hydroxylation is 2. The maximum Gasteiger partial charge on any atom is 0.0746 e. The Bertz CT molecular complexity index is 738. The minimum Gasteiger partial charge on any atom is -0.293 e. The van der Waals surface area contributed by atoms with Gasteiger partial charge < -0.3 is 0 Å². The second-order valence-corrected chi connectivity index (χ2v) is 5.69. The predicted molar refractivity (Wildman–Crippen MR) is 104 cm³/mol. The highest BCUT2D eigenvalue weighted by Crippen LogP contribution is 2.31. The van der Waals surface area contributed by atoms with E-state index in [2.05, 4.69) is 57.3 Å². The molecule has 0 amide bonds. The number of rotatable bonds is 5. The summed E-state index contributed by atoms with van der Waals surface area (Å²) in [6.07, 6.45) is 8.53. The van der Waals surface area contributed by atoms with Crippen LogP contribution in [0.15, 0.2) is 40.3 Å². The molecule has 1 aromatic rings. The molecule has 0 spiro atoms. The van der Waals surface area contributed by atoms with Crippen LogP contribution in [0.2, 0.25) is 0 Å². The molecule has 0 aromatic heterocycles. The van der Waals surface area contributed by atoms with E-state index in [1.807, 2.05) is 20.0 Å². The van der Waals surface area contributed by atoms with E-state index in [-0.39, 0.29) is 0 Å². The Morgan fingerprint density at radius 2 is 1.96 bits per heavy atom. The maximum absolute atomic E-state index is 5.54. The molecular formula is C21H26N2. The first-order valence-corrected chi connectivity index (χ1v) is 7.80. The third-order valence-electron chi connectivity index (χ3n) is 3.83. The van der Waals surface area contributed by atoms with Crippen LogP contribution in [0, 0.1) is 26.2 Å². The number of benzene rings is 1. The maximum atomic E-state index is 5.54. The van der Waals surface area contributed by atoms with E-state index >= 15 is 0 Å². The summed E-state index contributed by atoms with van der Waals surface area (Å²) in [5.41, 5.74) is 7.86. The molecule has 2 nitrogen and oxygen atoms in total. The lowest BCUT2D eigenvalue weighted by molar-refractivity contribution is 1.25. The van der Waals surface area contributed by atoms with Crippen molar-refractivity contribution in [3.63, 3.8) is 0 Å². The standard InChI is InChI=1S/C21H26N2/c1-9-15(4)20-12-14(3)11-17(6)21(20)23-18(7)16(5)13-19(10-2)22-8/h1,11-13H,4,10H2,2-3,5-8H3/b16-13+,22-19?,23-18?. The number of allylic oxidation sites excluding steroid dienone is 3. The van der Waals surface area contributed by atoms with Crippen LogP contribution < -0.4 is 0 Å². The first-order valence-electron chi connectivity index (χ1n) is 7.80. The molecule has 0 heterocycles. The van der Waals surface area contributed by atoms with Crippen LogP contribution >= 0.6 is 0 Å². The molecule has 0 aliphatic heterocycles. The second kappa shape index (κ2) is 8.29. The van der Waals surface area contributed by atoms with Gasteiger partial charge in [-0.3, -0.25) is 9.98 Å². The van der Waals surface area contributed by atoms with E-state index in [9.17, 15) is 0 Å². The van der Waals surface area contributed by atoms with Crippen LogP contribution in [0.4, 0.5) is 5.69 Å². The van der Waals surface area contributed by atoms with Crippen molar-refractivity contribution < 1.29 is 0 Å². The van der Waals surface area contributed by atoms with Crippen LogP contribution in [0.25, 0.3) is 5.57 Å². The summed E-state index contributed by atoms with van der Waals surface area (Å²) in [6, 6.07) is 4.16.